The lowest BCUT2D eigenvalue weighted by molar-refractivity contribution is -0.165. The maximum absolute atomic E-state index is 12.0. The molecule has 0 aliphatic carbocycles. The minimum absolute atomic E-state index is 0.0802. The van der Waals surface area contributed by atoms with Crippen LogP contribution in [0.15, 0.2) is 30.3 Å². The van der Waals surface area contributed by atoms with Gasteiger partial charge in [-0.15, -0.1) is 0 Å². The zero-order valence-electron chi connectivity index (χ0n) is 18.3. The highest BCUT2D eigenvalue weighted by Crippen LogP contribution is 2.12. The van der Waals surface area contributed by atoms with Gasteiger partial charge in [-0.25, -0.2) is 4.79 Å². The maximum atomic E-state index is 12.0. The number of aliphatic carboxylic acids is 1. The molecule has 0 radical (unpaired) electrons. The third-order valence-electron chi connectivity index (χ3n) is 3.78. The predicted molar refractivity (Wildman–Crippen MR) is 111 cm³/mol. The van der Waals surface area contributed by atoms with Crippen LogP contribution < -0.4 is 5.32 Å². The molecular formula is C22H35NO6. The van der Waals surface area contributed by atoms with Crippen LogP contribution in [0.25, 0.3) is 0 Å². The van der Waals surface area contributed by atoms with E-state index >= 15 is 0 Å². The summed E-state index contributed by atoms with van der Waals surface area (Å²) in [5, 5.41) is 12.2. The van der Waals surface area contributed by atoms with Crippen LogP contribution in [0, 0.1) is 5.92 Å². The van der Waals surface area contributed by atoms with Crippen LogP contribution in [0.3, 0.4) is 0 Å². The highest BCUT2D eigenvalue weighted by atomic mass is 16.6. The van der Waals surface area contributed by atoms with E-state index in [0.29, 0.717) is 19.3 Å². The number of likely N-dealkylation sites (N-methyl/N-ethyl adjacent to an activating group) is 1. The first-order valence-electron chi connectivity index (χ1n) is 9.73. The zero-order valence-corrected chi connectivity index (χ0v) is 18.3. The van der Waals surface area contributed by atoms with Crippen molar-refractivity contribution in [2.24, 2.45) is 5.92 Å². The molecule has 0 saturated heterocycles. The van der Waals surface area contributed by atoms with Gasteiger partial charge in [0.05, 0.1) is 6.42 Å². The smallest absolute Gasteiger partial charge is 0.345 e. The summed E-state index contributed by atoms with van der Waals surface area (Å²) in [6.45, 7) is 9.72. The highest BCUT2D eigenvalue weighted by Gasteiger charge is 2.24. The topological polar surface area (TPSA) is 102 Å². The summed E-state index contributed by atoms with van der Waals surface area (Å²) in [5.74, 6) is -1.42. The quantitative estimate of drug-likeness (QED) is 0.452. The number of benzene rings is 1. The third kappa shape index (κ3) is 14.3. The van der Waals surface area contributed by atoms with E-state index in [9.17, 15) is 14.4 Å². The van der Waals surface area contributed by atoms with Crippen molar-refractivity contribution in [3.8, 4) is 0 Å². The fraction of sp³-hybridized carbons (Fsp3) is 0.591. The summed E-state index contributed by atoms with van der Waals surface area (Å²) >= 11 is 0. The largest absolute Gasteiger partial charge is 0.479 e. The Morgan fingerprint density at radius 2 is 1.76 bits per heavy atom. The van der Waals surface area contributed by atoms with Crippen molar-refractivity contribution in [3.63, 3.8) is 0 Å². The van der Waals surface area contributed by atoms with E-state index in [1.54, 1.807) is 7.05 Å². The first-order valence-corrected chi connectivity index (χ1v) is 9.73. The van der Waals surface area contributed by atoms with Gasteiger partial charge in [-0.2, -0.15) is 0 Å². The lowest BCUT2D eigenvalue weighted by Gasteiger charge is -2.19. The van der Waals surface area contributed by atoms with Crippen LogP contribution >= 0.6 is 0 Å². The van der Waals surface area contributed by atoms with Crippen molar-refractivity contribution in [1.29, 1.82) is 0 Å². The fourth-order valence-corrected chi connectivity index (χ4v) is 2.35. The number of ether oxygens (including phenoxy) is 2. The number of nitrogens with one attached hydrogen (secondary N) is 1. The summed E-state index contributed by atoms with van der Waals surface area (Å²) in [6, 6.07) is 9.74. The molecule has 0 aliphatic rings. The number of carbonyl (C=O) groups excluding carboxylic acids is 2. The van der Waals surface area contributed by atoms with Crippen molar-refractivity contribution >= 4 is 18.4 Å². The molecule has 0 heterocycles. The Hall–Kier alpha value is -2.41. The monoisotopic (exact) mass is 409 g/mol. The Bertz CT molecular complexity index is 609. The minimum Gasteiger partial charge on any atom is -0.479 e. The van der Waals surface area contributed by atoms with Gasteiger partial charge in [-0.1, -0.05) is 44.2 Å². The van der Waals surface area contributed by atoms with E-state index in [-0.39, 0.29) is 24.0 Å². The number of esters is 1. The Balaban J connectivity index is 0.000000956. The number of rotatable bonds is 10. The lowest BCUT2D eigenvalue weighted by Crippen LogP contribution is -2.34. The summed E-state index contributed by atoms with van der Waals surface area (Å²) in [4.78, 5) is 32.7. The lowest BCUT2D eigenvalue weighted by atomic mass is 10.0. The molecule has 164 valence electrons. The second-order valence-corrected chi connectivity index (χ2v) is 8.15. The fourth-order valence-electron chi connectivity index (χ4n) is 2.35. The van der Waals surface area contributed by atoms with E-state index in [1.807, 2.05) is 65.0 Å². The number of carbonyl (C=O) groups is 3. The van der Waals surface area contributed by atoms with Gasteiger partial charge in [0, 0.05) is 6.04 Å². The van der Waals surface area contributed by atoms with E-state index in [2.05, 4.69) is 10.1 Å². The second kappa shape index (κ2) is 13.7. The molecule has 0 aliphatic heterocycles. The molecule has 1 aromatic rings. The molecule has 0 aromatic heterocycles. The Morgan fingerprint density at radius 3 is 2.14 bits per heavy atom. The first kappa shape index (κ1) is 26.6. The van der Waals surface area contributed by atoms with Crippen LogP contribution in [0.1, 0.15) is 53.0 Å². The van der Waals surface area contributed by atoms with Gasteiger partial charge in [0.25, 0.3) is 6.47 Å². The molecule has 29 heavy (non-hydrogen) atoms. The third-order valence-corrected chi connectivity index (χ3v) is 3.78. The average molecular weight is 410 g/mol. The number of hydrogen-bond acceptors (Lipinski definition) is 6. The zero-order chi connectivity index (χ0) is 22.4. The van der Waals surface area contributed by atoms with Crippen molar-refractivity contribution in [2.45, 2.75) is 71.6 Å². The molecule has 0 saturated carbocycles. The van der Waals surface area contributed by atoms with Crippen LogP contribution in [-0.4, -0.2) is 48.3 Å². The second-order valence-electron chi connectivity index (χ2n) is 8.15. The summed E-state index contributed by atoms with van der Waals surface area (Å²) < 4.78 is 9.66. The van der Waals surface area contributed by atoms with Crippen LogP contribution in [-0.2, 0) is 30.3 Å². The van der Waals surface area contributed by atoms with Gasteiger partial charge < -0.3 is 19.9 Å². The van der Waals surface area contributed by atoms with Gasteiger partial charge in [0.2, 0.25) is 0 Å². The van der Waals surface area contributed by atoms with Crippen molar-refractivity contribution in [3.05, 3.63) is 35.9 Å². The van der Waals surface area contributed by atoms with Crippen molar-refractivity contribution in [1.82, 2.24) is 5.32 Å². The normalized spacial score (nSPS) is 12.9. The summed E-state index contributed by atoms with van der Waals surface area (Å²) in [6.07, 6.45) is 0.0905. The highest BCUT2D eigenvalue weighted by molar-refractivity contribution is 5.78. The van der Waals surface area contributed by atoms with Gasteiger partial charge in [-0.05, 0) is 52.1 Å². The molecule has 2 atom stereocenters. The van der Waals surface area contributed by atoms with Gasteiger partial charge >= 0.3 is 11.9 Å². The standard InChI is InChI=1S/C17H25NO4.C5H10O2/c1-12(2)9-15(17(20)21)22-16(19)11-14(18-3)10-13-7-5-4-6-8-13;1-5(2,3)7-4-6/h4-8,12,14-15,18H,9-11H2,1-3H3,(H,20,21);4H,1-3H3/t14-,15+;/m1./s1. The Morgan fingerprint density at radius 1 is 1.17 bits per heavy atom. The number of hydrogen-bond donors (Lipinski definition) is 2. The molecule has 7 heteroatoms. The minimum atomic E-state index is -1.09. The first-order chi connectivity index (χ1) is 13.5. The molecule has 0 amide bonds. The van der Waals surface area contributed by atoms with E-state index < -0.39 is 18.0 Å². The van der Waals surface area contributed by atoms with Gasteiger partial charge in [-0.3, -0.25) is 9.59 Å². The molecule has 1 aromatic carbocycles. The molecule has 2 N–H and O–H groups in total. The van der Waals surface area contributed by atoms with E-state index in [1.165, 1.54) is 0 Å². The Kier molecular flexibility index (Phi) is 12.6. The summed E-state index contributed by atoms with van der Waals surface area (Å²) in [5.41, 5.74) is 0.800. The van der Waals surface area contributed by atoms with Gasteiger partial charge in [0.1, 0.15) is 5.60 Å². The average Bonchev–Trinajstić information content (AvgIpc) is 2.60. The van der Waals surface area contributed by atoms with Crippen LogP contribution in [0.5, 0.6) is 0 Å². The molecule has 7 nitrogen and oxygen atoms in total. The maximum Gasteiger partial charge on any atom is 0.345 e. The van der Waals surface area contributed by atoms with Crippen molar-refractivity contribution < 1.29 is 29.0 Å². The van der Waals surface area contributed by atoms with Crippen LogP contribution in [0.2, 0.25) is 0 Å². The molecule has 0 spiro atoms. The molecule has 0 fully saturated rings. The van der Waals surface area contributed by atoms with E-state index in [4.69, 9.17) is 9.84 Å². The SMILES string of the molecule is CC(C)(C)OC=O.CN[C@@H](CC(=O)O[C@@H](CC(C)C)C(=O)O)Cc1ccccc1. The molecule has 1 rings (SSSR count). The number of carboxylic acid groups (broad SMARTS) is 1. The molecule has 0 bridgehead atoms. The van der Waals surface area contributed by atoms with Crippen molar-refractivity contribution in [2.75, 3.05) is 7.05 Å². The van der Waals surface area contributed by atoms with Gasteiger partial charge in [0.15, 0.2) is 6.10 Å². The predicted octanol–water partition coefficient (Wildman–Crippen LogP) is 3.21. The summed E-state index contributed by atoms with van der Waals surface area (Å²) in [7, 11) is 1.78. The van der Waals surface area contributed by atoms with Crippen LogP contribution in [0.4, 0.5) is 0 Å². The molecular weight excluding hydrogens is 374 g/mol. The number of carboxylic acids is 1. The van der Waals surface area contributed by atoms with E-state index in [0.717, 1.165) is 5.56 Å². The molecule has 0 unspecified atom stereocenters. The Labute approximate surface area is 173 Å².